The number of carboxylic acid groups (broad SMARTS) is 2. The van der Waals surface area contributed by atoms with Gasteiger partial charge in [-0.2, -0.15) is 0 Å². The molecule has 3 unspecified atom stereocenters. The highest BCUT2D eigenvalue weighted by atomic mass is 16.4. The number of hydrogen-bond donors (Lipinski definition) is 8. The Morgan fingerprint density at radius 1 is 0.943 bits per heavy atom. The second-order valence-electron chi connectivity index (χ2n) is 7.58. The van der Waals surface area contributed by atoms with Crippen LogP contribution < -0.4 is 33.2 Å². The molecule has 35 heavy (non-hydrogen) atoms. The first-order valence-electron chi connectivity index (χ1n) is 10.7. The van der Waals surface area contributed by atoms with Gasteiger partial charge in [0.25, 0.3) is 0 Å². The molecule has 0 spiro atoms. The highest BCUT2D eigenvalue weighted by Gasteiger charge is 2.26. The third kappa shape index (κ3) is 12.0. The molecule has 11 N–H and O–H groups in total. The number of aliphatic carboxylic acids is 2. The van der Waals surface area contributed by atoms with Gasteiger partial charge in [0.1, 0.15) is 12.1 Å². The van der Waals surface area contributed by atoms with Crippen molar-refractivity contribution in [1.82, 2.24) is 16.0 Å². The monoisotopic (exact) mass is 493 g/mol. The van der Waals surface area contributed by atoms with E-state index in [1.807, 2.05) is 0 Å². The van der Waals surface area contributed by atoms with Crippen molar-refractivity contribution in [2.45, 2.75) is 43.8 Å². The molecule has 3 amide bonds. The van der Waals surface area contributed by atoms with Gasteiger partial charge in [-0.3, -0.25) is 24.2 Å². The largest absolute Gasteiger partial charge is 0.481 e. The van der Waals surface area contributed by atoms with E-state index in [9.17, 15) is 29.1 Å². The van der Waals surface area contributed by atoms with E-state index in [0.29, 0.717) is 5.56 Å². The fraction of sp³-hybridized carbons (Fsp3) is 0.429. The van der Waals surface area contributed by atoms with Crippen LogP contribution in [0.4, 0.5) is 0 Å². The molecule has 1 rings (SSSR count). The molecule has 192 valence electrons. The topological polar surface area (TPSA) is 252 Å². The van der Waals surface area contributed by atoms with Gasteiger partial charge in [0.15, 0.2) is 5.96 Å². The zero-order valence-corrected chi connectivity index (χ0v) is 19.0. The van der Waals surface area contributed by atoms with Crippen molar-refractivity contribution in [1.29, 1.82) is 0 Å². The van der Waals surface area contributed by atoms with Gasteiger partial charge >= 0.3 is 11.9 Å². The molecule has 0 aromatic heterocycles. The number of carbonyl (C=O) groups is 5. The summed E-state index contributed by atoms with van der Waals surface area (Å²) in [5, 5.41) is 25.2. The van der Waals surface area contributed by atoms with E-state index >= 15 is 0 Å². The van der Waals surface area contributed by atoms with Crippen molar-refractivity contribution >= 4 is 35.6 Å². The fourth-order valence-electron chi connectivity index (χ4n) is 2.92. The third-order valence-corrected chi connectivity index (χ3v) is 4.65. The lowest BCUT2D eigenvalue weighted by atomic mass is 10.1. The lowest BCUT2D eigenvalue weighted by Crippen LogP contribution is -2.54. The normalized spacial score (nSPS) is 12.9. The van der Waals surface area contributed by atoms with Gasteiger partial charge in [0.2, 0.25) is 17.7 Å². The first-order valence-corrected chi connectivity index (χ1v) is 10.7. The molecule has 14 heteroatoms. The summed E-state index contributed by atoms with van der Waals surface area (Å²) in [6.07, 6.45) is -0.272. The first-order chi connectivity index (χ1) is 16.5. The third-order valence-electron chi connectivity index (χ3n) is 4.65. The molecule has 0 heterocycles. The quantitative estimate of drug-likeness (QED) is 0.0710. The first kappa shape index (κ1) is 28.8. The summed E-state index contributed by atoms with van der Waals surface area (Å²) < 4.78 is 0. The summed E-state index contributed by atoms with van der Waals surface area (Å²) in [7, 11) is 0. The minimum Gasteiger partial charge on any atom is -0.481 e. The Bertz CT molecular complexity index is 920. The van der Waals surface area contributed by atoms with Crippen LogP contribution in [0.25, 0.3) is 0 Å². The molecule has 3 atom stereocenters. The summed E-state index contributed by atoms with van der Waals surface area (Å²) in [6.45, 7) is -0.401. The number of nitrogens with zero attached hydrogens (tertiary/aromatic N) is 1. The second-order valence-corrected chi connectivity index (χ2v) is 7.58. The van der Waals surface area contributed by atoms with Gasteiger partial charge < -0.3 is 43.4 Å². The van der Waals surface area contributed by atoms with E-state index < -0.39 is 60.8 Å². The molecule has 0 radical (unpaired) electrons. The zero-order chi connectivity index (χ0) is 26.4. The summed E-state index contributed by atoms with van der Waals surface area (Å²) in [6, 6.07) is 4.91. The molecule has 0 bridgehead atoms. The predicted octanol–water partition coefficient (Wildman–Crippen LogP) is -2.74. The van der Waals surface area contributed by atoms with Crippen molar-refractivity contribution in [3.63, 3.8) is 0 Å². The number of carbonyl (C=O) groups excluding carboxylic acids is 3. The summed E-state index contributed by atoms with van der Waals surface area (Å²) in [5.41, 5.74) is 16.7. The van der Waals surface area contributed by atoms with Crippen LogP contribution in [0.3, 0.4) is 0 Å². The minimum atomic E-state index is -1.39. The molecule has 14 nitrogen and oxygen atoms in total. The van der Waals surface area contributed by atoms with Gasteiger partial charge in [-0.15, -0.1) is 0 Å². The van der Waals surface area contributed by atoms with Crippen LogP contribution in [-0.2, 0) is 30.4 Å². The number of nitrogens with one attached hydrogen (secondary N) is 3. The number of hydrogen-bond acceptors (Lipinski definition) is 7. The number of guanidine groups is 1. The van der Waals surface area contributed by atoms with Gasteiger partial charge in [-0.1, -0.05) is 30.3 Å². The maximum Gasteiger partial charge on any atom is 0.326 e. The zero-order valence-electron chi connectivity index (χ0n) is 19.0. The minimum absolute atomic E-state index is 0.0425. The molecule has 0 saturated heterocycles. The van der Waals surface area contributed by atoms with Crippen molar-refractivity contribution < 1.29 is 34.2 Å². The van der Waals surface area contributed by atoms with E-state index in [-0.39, 0.29) is 31.8 Å². The van der Waals surface area contributed by atoms with Crippen LogP contribution in [0.15, 0.2) is 35.3 Å². The van der Waals surface area contributed by atoms with Crippen LogP contribution in [-0.4, -0.2) is 77.0 Å². The Hall–Kier alpha value is -4.20. The van der Waals surface area contributed by atoms with Crippen molar-refractivity contribution in [2.75, 3.05) is 13.1 Å². The Morgan fingerprint density at radius 2 is 1.60 bits per heavy atom. The van der Waals surface area contributed by atoms with Crippen LogP contribution >= 0.6 is 0 Å². The summed E-state index contributed by atoms with van der Waals surface area (Å²) in [5.74, 6) is -5.07. The van der Waals surface area contributed by atoms with E-state index in [1.54, 1.807) is 30.3 Å². The molecule has 1 aromatic rings. The van der Waals surface area contributed by atoms with Crippen LogP contribution in [0.1, 0.15) is 24.8 Å². The van der Waals surface area contributed by atoms with Crippen molar-refractivity contribution in [3.8, 4) is 0 Å². The molecular weight excluding hydrogens is 462 g/mol. The maximum atomic E-state index is 12.6. The molecule has 0 saturated carbocycles. The molecule has 1 aromatic carbocycles. The smallest absolute Gasteiger partial charge is 0.326 e. The molecule has 0 aliphatic heterocycles. The molecular formula is C21H31N7O7. The number of rotatable bonds is 15. The second kappa shape index (κ2) is 14.8. The number of nitrogens with two attached hydrogens (primary N) is 3. The van der Waals surface area contributed by atoms with Gasteiger partial charge in [-0.25, -0.2) is 4.79 Å². The highest BCUT2D eigenvalue weighted by Crippen LogP contribution is 2.04. The fourth-order valence-corrected chi connectivity index (χ4v) is 2.92. The van der Waals surface area contributed by atoms with Crippen LogP contribution in [0, 0.1) is 0 Å². The van der Waals surface area contributed by atoms with E-state index in [4.69, 9.17) is 22.3 Å². The van der Waals surface area contributed by atoms with E-state index in [2.05, 4.69) is 20.9 Å². The SMILES string of the molecule is NC(N)=NCCCC(NC(=O)C(N)CC(=O)O)C(=O)NCC(=O)NC(Cc1ccccc1)C(=O)O. The van der Waals surface area contributed by atoms with Crippen LogP contribution in [0.2, 0.25) is 0 Å². The maximum absolute atomic E-state index is 12.6. The van der Waals surface area contributed by atoms with Gasteiger partial charge in [-0.05, 0) is 18.4 Å². The average Bonchev–Trinajstić information content (AvgIpc) is 2.78. The average molecular weight is 494 g/mol. The lowest BCUT2D eigenvalue weighted by molar-refractivity contribution is -0.141. The number of amides is 3. The highest BCUT2D eigenvalue weighted by molar-refractivity contribution is 5.93. The Morgan fingerprint density at radius 3 is 2.17 bits per heavy atom. The van der Waals surface area contributed by atoms with E-state index in [1.165, 1.54) is 0 Å². The van der Waals surface area contributed by atoms with E-state index in [0.717, 1.165) is 0 Å². The number of benzene rings is 1. The molecule has 0 fully saturated rings. The summed E-state index contributed by atoms with van der Waals surface area (Å²) >= 11 is 0. The Balaban J connectivity index is 2.72. The van der Waals surface area contributed by atoms with Gasteiger partial charge in [0.05, 0.1) is 19.0 Å². The van der Waals surface area contributed by atoms with Crippen molar-refractivity contribution in [3.05, 3.63) is 35.9 Å². The molecule has 0 aliphatic carbocycles. The van der Waals surface area contributed by atoms with Gasteiger partial charge in [0, 0.05) is 13.0 Å². The Labute approximate surface area is 201 Å². The lowest BCUT2D eigenvalue weighted by Gasteiger charge is -2.20. The predicted molar refractivity (Wildman–Crippen MR) is 125 cm³/mol. The number of aliphatic imine (C=N–C) groups is 1. The summed E-state index contributed by atoms with van der Waals surface area (Å²) in [4.78, 5) is 63.1. The molecule has 0 aliphatic rings. The van der Waals surface area contributed by atoms with Crippen LogP contribution in [0.5, 0.6) is 0 Å². The Kier molecular flexibility index (Phi) is 12.2. The number of carboxylic acids is 2. The standard InChI is InChI=1S/C21H31N7O7/c22-13(10-17(30)31)18(32)28-14(7-4-8-25-21(23)24)19(33)26-11-16(29)27-15(20(34)35)9-12-5-2-1-3-6-12/h1-3,5-6,13-15H,4,7-11,22H2,(H,26,33)(H,27,29)(H,28,32)(H,30,31)(H,34,35)(H4,23,24,25). The van der Waals surface area contributed by atoms with Crippen molar-refractivity contribution in [2.24, 2.45) is 22.2 Å².